The van der Waals surface area contributed by atoms with Crippen LogP contribution in [0.25, 0.3) is 0 Å². The van der Waals surface area contributed by atoms with Gasteiger partial charge < -0.3 is 15.2 Å². The molecular weight excluding hydrogens is 346 g/mol. The Labute approximate surface area is 161 Å². The van der Waals surface area contributed by atoms with E-state index in [-0.39, 0.29) is 12.1 Å². The average molecular weight is 374 g/mol. The van der Waals surface area contributed by atoms with Crippen molar-refractivity contribution in [2.45, 2.75) is 44.8 Å². The number of hydrogen-bond acceptors (Lipinski definition) is 3. The van der Waals surface area contributed by atoms with E-state index in [1.54, 1.807) is 12.1 Å². The summed E-state index contributed by atoms with van der Waals surface area (Å²) in [7, 11) is 0. The summed E-state index contributed by atoms with van der Waals surface area (Å²) in [5.41, 5.74) is 2.96. The van der Waals surface area contributed by atoms with E-state index in [2.05, 4.69) is 43.4 Å². The Bertz CT molecular complexity index is 689. The molecule has 1 atom stereocenters. The fourth-order valence-electron chi connectivity index (χ4n) is 3.76. The minimum atomic E-state index is -0.550. The predicted octanol–water partition coefficient (Wildman–Crippen LogP) is 4.25. The molecule has 0 saturated carbocycles. The average Bonchev–Trinajstić information content (AvgIpc) is 3.01. The van der Waals surface area contributed by atoms with Gasteiger partial charge in [-0.25, -0.2) is 0 Å². The van der Waals surface area contributed by atoms with Gasteiger partial charge in [0.05, 0.1) is 0 Å². The molecule has 0 unspecified atom stereocenters. The first-order valence-electron chi connectivity index (χ1n) is 9.29. The maximum atomic E-state index is 10.2. The largest absolute Gasteiger partial charge is 0.491 e. The fraction of sp³-hybridized carbons (Fsp3) is 0.455. The van der Waals surface area contributed by atoms with Crippen LogP contribution < -0.4 is 10.1 Å². The second-order valence-corrected chi connectivity index (χ2v) is 8.37. The van der Waals surface area contributed by atoms with Crippen LogP contribution >= 0.6 is 11.6 Å². The van der Waals surface area contributed by atoms with Crippen LogP contribution in [0.4, 0.5) is 0 Å². The maximum Gasteiger partial charge on any atom is 0.119 e. The number of benzene rings is 2. The van der Waals surface area contributed by atoms with Gasteiger partial charge in [-0.3, -0.25) is 0 Å². The van der Waals surface area contributed by atoms with Crippen LogP contribution in [0.1, 0.15) is 31.4 Å². The molecule has 0 spiro atoms. The van der Waals surface area contributed by atoms with E-state index in [9.17, 15) is 5.11 Å². The van der Waals surface area contributed by atoms with E-state index in [1.165, 1.54) is 11.1 Å². The zero-order valence-electron chi connectivity index (χ0n) is 15.5. The van der Waals surface area contributed by atoms with Crippen LogP contribution in [0.15, 0.2) is 48.5 Å². The summed E-state index contributed by atoms with van der Waals surface area (Å²) in [4.78, 5) is 0. The number of nitrogens with one attached hydrogen (secondary N) is 1. The molecule has 1 aliphatic carbocycles. The summed E-state index contributed by atoms with van der Waals surface area (Å²) in [6.07, 6.45) is 2.85. The lowest BCUT2D eigenvalue weighted by Gasteiger charge is -2.30. The first-order valence-corrected chi connectivity index (χ1v) is 9.67. The molecule has 0 bridgehead atoms. The monoisotopic (exact) mass is 373 g/mol. The standard InChI is InChI=1S/C22H28ClNO2/c1-22(2,13-16-11-17-5-3-4-6-18(17)12-16)24-14-20(25)15-26-21-9-7-19(23)8-10-21/h3-10,16,20,24-25H,11-15H2,1-2H3/t20-/m1/s1. The molecule has 0 aromatic heterocycles. The Hall–Kier alpha value is -1.55. The number of ether oxygens (including phenoxy) is 1. The molecule has 2 aromatic rings. The Morgan fingerprint density at radius 1 is 1.12 bits per heavy atom. The number of hydrogen-bond donors (Lipinski definition) is 2. The van der Waals surface area contributed by atoms with Gasteiger partial charge in [0.2, 0.25) is 0 Å². The SMILES string of the molecule is CC(C)(CC1Cc2ccccc2C1)NC[C@@H](O)COc1ccc(Cl)cc1. The topological polar surface area (TPSA) is 41.5 Å². The van der Waals surface area contributed by atoms with E-state index in [1.807, 2.05) is 12.1 Å². The van der Waals surface area contributed by atoms with Gasteiger partial charge in [0.15, 0.2) is 0 Å². The minimum Gasteiger partial charge on any atom is -0.491 e. The van der Waals surface area contributed by atoms with Gasteiger partial charge in [-0.05, 0) is 74.4 Å². The lowest BCUT2D eigenvalue weighted by molar-refractivity contribution is 0.0966. The third-order valence-corrected chi connectivity index (χ3v) is 5.26. The Morgan fingerprint density at radius 3 is 2.35 bits per heavy atom. The second-order valence-electron chi connectivity index (χ2n) is 7.93. The van der Waals surface area contributed by atoms with Crippen molar-refractivity contribution in [3.63, 3.8) is 0 Å². The number of aliphatic hydroxyl groups is 1. The van der Waals surface area contributed by atoms with E-state index < -0.39 is 6.10 Å². The summed E-state index contributed by atoms with van der Waals surface area (Å²) in [6, 6.07) is 15.9. The third-order valence-electron chi connectivity index (χ3n) is 5.01. The summed E-state index contributed by atoms with van der Waals surface area (Å²) in [5, 5.41) is 14.4. The van der Waals surface area contributed by atoms with Gasteiger partial charge in [-0.15, -0.1) is 0 Å². The Kier molecular flexibility index (Phi) is 6.23. The van der Waals surface area contributed by atoms with Gasteiger partial charge in [0.25, 0.3) is 0 Å². The molecule has 0 saturated heterocycles. The van der Waals surface area contributed by atoms with Gasteiger partial charge in [-0.1, -0.05) is 35.9 Å². The second kappa shape index (κ2) is 8.43. The van der Waals surface area contributed by atoms with Crippen molar-refractivity contribution >= 4 is 11.6 Å². The smallest absolute Gasteiger partial charge is 0.119 e. The number of β-amino-alcohol motifs (C(OH)–C–C–N with tert-alkyl or cyclic N) is 1. The van der Waals surface area contributed by atoms with Crippen LogP contribution in [-0.4, -0.2) is 29.9 Å². The molecule has 0 fully saturated rings. The first-order chi connectivity index (χ1) is 12.4. The zero-order chi connectivity index (χ0) is 18.6. The van der Waals surface area contributed by atoms with Crippen molar-refractivity contribution in [1.82, 2.24) is 5.32 Å². The normalized spacial score (nSPS) is 15.7. The predicted molar refractivity (Wildman–Crippen MR) is 107 cm³/mol. The molecule has 26 heavy (non-hydrogen) atoms. The zero-order valence-corrected chi connectivity index (χ0v) is 16.3. The lowest BCUT2D eigenvalue weighted by Crippen LogP contribution is -2.46. The van der Waals surface area contributed by atoms with E-state index >= 15 is 0 Å². The molecule has 3 rings (SSSR count). The molecule has 0 radical (unpaired) electrons. The highest BCUT2D eigenvalue weighted by Gasteiger charge is 2.28. The van der Waals surface area contributed by atoms with Crippen LogP contribution in [0.5, 0.6) is 5.75 Å². The number of rotatable bonds is 8. The highest BCUT2D eigenvalue weighted by Crippen LogP contribution is 2.31. The van der Waals surface area contributed by atoms with Crippen molar-refractivity contribution < 1.29 is 9.84 Å². The molecule has 140 valence electrons. The summed E-state index contributed by atoms with van der Waals surface area (Å²) in [6.45, 7) is 5.20. The van der Waals surface area contributed by atoms with Crippen molar-refractivity contribution in [1.29, 1.82) is 0 Å². The lowest BCUT2D eigenvalue weighted by atomic mass is 9.88. The quantitative estimate of drug-likeness (QED) is 0.726. The third kappa shape index (κ3) is 5.47. The first kappa shape index (κ1) is 19.2. The van der Waals surface area contributed by atoms with Crippen molar-refractivity contribution in [2.75, 3.05) is 13.2 Å². The summed E-state index contributed by atoms with van der Waals surface area (Å²) >= 11 is 5.86. The van der Waals surface area contributed by atoms with Gasteiger partial charge in [-0.2, -0.15) is 0 Å². The van der Waals surface area contributed by atoms with Gasteiger partial charge in [0, 0.05) is 17.1 Å². The van der Waals surface area contributed by atoms with Crippen LogP contribution in [0.3, 0.4) is 0 Å². The maximum absolute atomic E-state index is 10.2. The molecule has 0 aliphatic heterocycles. The molecule has 0 heterocycles. The highest BCUT2D eigenvalue weighted by atomic mass is 35.5. The molecule has 0 amide bonds. The van der Waals surface area contributed by atoms with Crippen LogP contribution in [-0.2, 0) is 12.8 Å². The number of halogens is 1. The van der Waals surface area contributed by atoms with E-state index in [0.29, 0.717) is 17.5 Å². The van der Waals surface area contributed by atoms with Gasteiger partial charge in [0.1, 0.15) is 18.5 Å². The van der Waals surface area contributed by atoms with Crippen molar-refractivity contribution in [3.8, 4) is 5.75 Å². The highest BCUT2D eigenvalue weighted by molar-refractivity contribution is 6.30. The minimum absolute atomic E-state index is 0.0199. The molecule has 2 aromatic carbocycles. The molecule has 4 heteroatoms. The van der Waals surface area contributed by atoms with Crippen molar-refractivity contribution in [3.05, 3.63) is 64.7 Å². The molecular formula is C22H28ClNO2. The van der Waals surface area contributed by atoms with E-state index in [4.69, 9.17) is 16.3 Å². The summed E-state index contributed by atoms with van der Waals surface area (Å²) < 4.78 is 5.62. The van der Waals surface area contributed by atoms with Crippen LogP contribution in [0, 0.1) is 5.92 Å². The molecule has 2 N–H and O–H groups in total. The molecule has 1 aliphatic rings. The van der Waals surface area contributed by atoms with Gasteiger partial charge >= 0.3 is 0 Å². The molecule has 3 nitrogen and oxygen atoms in total. The summed E-state index contributed by atoms with van der Waals surface area (Å²) in [5.74, 6) is 1.38. The van der Waals surface area contributed by atoms with E-state index in [0.717, 1.165) is 25.0 Å². The number of fused-ring (bicyclic) bond motifs is 1. The Balaban J connectivity index is 1.41. The fourth-order valence-corrected chi connectivity index (χ4v) is 3.89. The Morgan fingerprint density at radius 2 is 1.73 bits per heavy atom. The van der Waals surface area contributed by atoms with Crippen molar-refractivity contribution in [2.24, 2.45) is 5.92 Å². The number of aliphatic hydroxyl groups excluding tert-OH is 1. The van der Waals surface area contributed by atoms with Crippen LogP contribution in [0.2, 0.25) is 5.02 Å².